The van der Waals surface area contributed by atoms with E-state index >= 15 is 0 Å². The van der Waals surface area contributed by atoms with Crippen molar-refractivity contribution in [2.75, 3.05) is 0 Å². The van der Waals surface area contributed by atoms with Gasteiger partial charge in [-0.3, -0.25) is 4.57 Å². The summed E-state index contributed by atoms with van der Waals surface area (Å²) in [6.45, 7) is 8.62. The van der Waals surface area contributed by atoms with Crippen molar-refractivity contribution in [3.8, 4) is 5.82 Å². The second kappa shape index (κ2) is 5.61. The van der Waals surface area contributed by atoms with Crippen molar-refractivity contribution in [2.24, 2.45) is 5.92 Å². The Bertz CT molecular complexity index is 1170. The van der Waals surface area contributed by atoms with Crippen LogP contribution in [0.4, 0.5) is 0 Å². The van der Waals surface area contributed by atoms with Crippen LogP contribution >= 0.6 is 11.3 Å². The minimum Gasteiger partial charge on any atom is -0.282 e. The Morgan fingerprint density at radius 3 is 2.77 bits per heavy atom. The van der Waals surface area contributed by atoms with E-state index in [0.29, 0.717) is 0 Å². The molecule has 0 unspecified atom stereocenters. The smallest absolute Gasteiger partial charge is 0.151 e. The zero-order valence-electron chi connectivity index (χ0n) is 15.6. The molecule has 3 aromatic heterocycles. The van der Waals surface area contributed by atoms with Crippen LogP contribution < -0.4 is 0 Å². The van der Waals surface area contributed by atoms with Crippen LogP contribution in [0.1, 0.15) is 40.7 Å². The molecule has 0 aliphatic heterocycles. The maximum atomic E-state index is 4.86. The molecule has 4 nitrogen and oxygen atoms in total. The molecule has 1 aliphatic carbocycles. The second-order valence-corrected chi connectivity index (χ2v) is 8.75. The lowest BCUT2D eigenvalue weighted by Gasteiger charge is -2.18. The standard InChI is InChI=1S/C21H22N4S/c1-11-5-6-15-18(7-11)26-21-19(15)20(23-14(4)24-21)25-10-22-16-8-12(2)13(3)9-17(16)25/h8-11H,5-7H2,1-4H3/t11-/m1/s1. The van der Waals surface area contributed by atoms with Crippen LogP contribution in [-0.2, 0) is 12.8 Å². The molecule has 132 valence electrons. The highest BCUT2D eigenvalue weighted by Crippen LogP contribution is 2.40. The maximum absolute atomic E-state index is 4.86. The number of nitrogens with zero attached hydrogens (tertiary/aromatic N) is 4. The summed E-state index contributed by atoms with van der Waals surface area (Å²) in [6, 6.07) is 4.39. The molecule has 0 saturated heterocycles. The van der Waals surface area contributed by atoms with E-state index in [0.717, 1.165) is 46.3 Å². The zero-order chi connectivity index (χ0) is 18.0. The molecule has 0 amide bonds. The Morgan fingerprint density at radius 1 is 1.12 bits per heavy atom. The van der Waals surface area contributed by atoms with E-state index in [1.807, 2.05) is 24.6 Å². The van der Waals surface area contributed by atoms with Crippen molar-refractivity contribution in [1.29, 1.82) is 0 Å². The first-order chi connectivity index (χ1) is 12.5. The number of imidazole rings is 1. The van der Waals surface area contributed by atoms with Crippen molar-refractivity contribution >= 4 is 32.6 Å². The molecular weight excluding hydrogens is 340 g/mol. The molecule has 0 saturated carbocycles. The predicted octanol–water partition coefficient (Wildman–Crippen LogP) is 5.08. The average molecular weight is 363 g/mol. The summed E-state index contributed by atoms with van der Waals surface area (Å²) in [5.41, 5.74) is 6.16. The Hall–Kier alpha value is -2.27. The molecule has 1 aromatic carbocycles. The summed E-state index contributed by atoms with van der Waals surface area (Å²) in [4.78, 5) is 16.9. The molecule has 0 bridgehead atoms. The highest BCUT2D eigenvalue weighted by Gasteiger charge is 2.24. The van der Waals surface area contributed by atoms with Gasteiger partial charge in [0.2, 0.25) is 0 Å². The number of fused-ring (bicyclic) bond motifs is 4. The molecule has 1 aliphatic rings. The van der Waals surface area contributed by atoms with Crippen molar-refractivity contribution in [3.63, 3.8) is 0 Å². The van der Waals surface area contributed by atoms with Crippen molar-refractivity contribution < 1.29 is 0 Å². The largest absolute Gasteiger partial charge is 0.282 e. The molecule has 0 fully saturated rings. The minimum atomic E-state index is 0.757. The number of hydrogen-bond donors (Lipinski definition) is 0. The number of aryl methyl sites for hydroxylation is 4. The Balaban J connectivity index is 1.83. The SMILES string of the molecule is Cc1nc(-n2cnc3cc(C)c(C)cc32)c2c3c(sc2n1)C[C@H](C)CC3. The van der Waals surface area contributed by atoms with Crippen molar-refractivity contribution in [2.45, 2.75) is 47.0 Å². The lowest BCUT2D eigenvalue weighted by Crippen LogP contribution is -2.09. The van der Waals surface area contributed by atoms with Crippen LogP contribution in [0.25, 0.3) is 27.1 Å². The van der Waals surface area contributed by atoms with E-state index < -0.39 is 0 Å². The molecule has 1 atom stereocenters. The summed E-state index contributed by atoms with van der Waals surface area (Å²) < 4.78 is 2.16. The number of aromatic nitrogens is 4. The van der Waals surface area contributed by atoms with E-state index in [2.05, 4.69) is 42.5 Å². The van der Waals surface area contributed by atoms with E-state index in [4.69, 9.17) is 9.97 Å². The molecule has 4 aromatic rings. The predicted molar refractivity (Wildman–Crippen MR) is 107 cm³/mol. The van der Waals surface area contributed by atoms with Gasteiger partial charge in [-0.1, -0.05) is 6.92 Å². The fourth-order valence-electron chi connectivity index (χ4n) is 4.03. The highest BCUT2D eigenvalue weighted by molar-refractivity contribution is 7.18. The van der Waals surface area contributed by atoms with E-state index in [-0.39, 0.29) is 0 Å². The molecule has 0 radical (unpaired) electrons. The number of benzene rings is 1. The summed E-state index contributed by atoms with van der Waals surface area (Å²) in [7, 11) is 0. The van der Waals surface area contributed by atoms with Crippen LogP contribution in [0.5, 0.6) is 0 Å². The Morgan fingerprint density at radius 2 is 1.92 bits per heavy atom. The van der Waals surface area contributed by atoms with E-state index in [1.54, 1.807) is 0 Å². The first-order valence-corrected chi connectivity index (χ1v) is 10.1. The van der Waals surface area contributed by atoms with Crippen LogP contribution in [-0.4, -0.2) is 19.5 Å². The number of rotatable bonds is 1. The van der Waals surface area contributed by atoms with Gasteiger partial charge in [0.1, 0.15) is 17.0 Å². The summed E-state index contributed by atoms with van der Waals surface area (Å²) >= 11 is 1.86. The van der Waals surface area contributed by atoms with Gasteiger partial charge in [-0.05, 0) is 74.8 Å². The zero-order valence-corrected chi connectivity index (χ0v) is 16.4. The average Bonchev–Trinajstić information content (AvgIpc) is 3.14. The van der Waals surface area contributed by atoms with E-state index in [1.165, 1.54) is 33.4 Å². The first-order valence-electron chi connectivity index (χ1n) is 9.25. The molecule has 3 heterocycles. The monoisotopic (exact) mass is 362 g/mol. The van der Waals surface area contributed by atoms with Gasteiger partial charge < -0.3 is 0 Å². The molecule has 5 heteroatoms. The molecular formula is C21H22N4S. The van der Waals surface area contributed by atoms with Gasteiger partial charge in [0.15, 0.2) is 5.82 Å². The van der Waals surface area contributed by atoms with Crippen molar-refractivity contribution in [1.82, 2.24) is 19.5 Å². The summed E-state index contributed by atoms with van der Waals surface area (Å²) in [5, 5.41) is 1.24. The van der Waals surface area contributed by atoms with Crippen molar-refractivity contribution in [3.05, 3.63) is 45.9 Å². The van der Waals surface area contributed by atoms with Gasteiger partial charge in [-0.15, -0.1) is 11.3 Å². The normalized spacial score (nSPS) is 17.2. The molecule has 5 rings (SSSR count). The molecule has 0 spiro atoms. The van der Waals surface area contributed by atoms with E-state index in [9.17, 15) is 0 Å². The summed E-state index contributed by atoms with van der Waals surface area (Å²) in [5.74, 6) is 2.57. The number of thiophene rings is 1. The van der Waals surface area contributed by atoms with Crippen LogP contribution in [0.15, 0.2) is 18.5 Å². The lowest BCUT2D eigenvalue weighted by atomic mass is 9.89. The molecule has 0 N–H and O–H groups in total. The van der Waals surface area contributed by atoms with Crippen LogP contribution in [0.2, 0.25) is 0 Å². The number of hydrogen-bond acceptors (Lipinski definition) is 4. The maximum Gasteiger partial charge on any atom is 0.151 e. The quantitative estimate of drug-likeness (QED) is 0.474. The Kier molecular flexibility index (Phi) is 3.44. The topological polar surface area (TPSA) is 43.6 Å². The third kappa shape index (κ3) is 2.30. The van der Waals surface area contributed by atoms with Crippen LogP contribution in [0.3, 0.4) is 0 Å². The van der Waals surface area contributed by atoms with Gasteiger partial charge >= 0.3 is 0 Å². The first kappa shape index (κ1) is 15.9. The second-order valence-electron chi connectivity index (χ2n) is 7.67. The third-order valence-corrected chi connectivity index (χ3v) is 6.79. The Labute approximate surface area is 156 Å². The summed E-state index contributed by atoms with van der Waals surface area (Å²) in [6.07, 6.45) is 5.45. The van der Waals surface area contributed by atoms with Gasteiger partial charge in [0.05, 0.1) is 16.4 Å². The lowest BCUT2D eigenvalue weighted by molar-refractivity contribution is 0.509. The van der Waals surface area contributed by atoms with Crippen LogP contribution in [0, 0.1) is 26.7 Å². The van der Waals surface area contributed by atoms with Gasteiger partial charge in [-0.25, -0.2) is 15.0 Å². The highest BCUT2D eigenvalue weighted by atomic mass is 32.1. The fourth-order valence-corrected chi connectivity index (χ4v) is 5.46. The van der Waals surface area contributed by atoms with Gasteiger partial charge in [0.25, 0.3) is 0 Å². The minimum absolute atomic E-state index is 0.757. The molecule has 26 heavy (non-hydrogen) atoms. The fraction of sp³-hybridized carbons (Fsp3) is 0.381. The van der Waals surface area contributed by atoms with Gasteiger partial charge in [-0.2, -0.15) is 0 Å². The third-order valence-electron chi connectivity index (χ3n) is 5.64. The van der Waals surface area contributed by atoms with Gasteiger partial charge in [0, 0.05) is 4.88 Å².